The zero-order valence-electron chi connectivity index (χ0n) is 8.66. The van der Waals surface area contributed by atoms with Crippen molar-refractivity contribution in [2.75, 3.05) is 7.11 Å². The van der Waals surface area contributed by atoms with Crippen LogP contribution in [0.3, 0.4) is 0 Å². The molecule has 0 aliphatic rings. The molecule has 0 aromatic rings. The molecule has 80 valence electrons. The summed E-state index contributed by atoms with van der Waals surface area (Å²) in [6, 6.07) is 0. The molecule has 0 spiro atoms. The van der Waals surface area contributed by atoms with E-state index in [0.717, 1.165) is 19.3 Å². The van der Waals surface area contributed by atoms with E-state index in [9.17, 15) is 9.90 Å². The van der Waals surface area contributed by atoms with Crippen molar-refractivity contribution in [3.8, 4) is 0 Å². The first kappa shape index (κ1) is 12.9. The third-order valence-electron chi connectivity index (χ3n) is 1.99. The third-order valence-corrected chi connectivity index (χ3v) is 1.99. The van der Waals surface area contributed by atoms with Crippen molar-refractivity contribution in [1.82, 2.24) is 0 Å². The van der Waals surface area contributed by atoms with Crippen LogP contribution in [0.4, 0.5) is 0 Å². The summed E-state index contributed by atoms with van der Waals surface area (Å²) >= 11 is 0. The van der Waals surface area contributed by atoms with Crippen LogP contribution in [0, 0.1) is 0 Å². The fourth-order valence-electron chi connectivity index (χ4n) is 1.07. The lowest BCUT2D eigenvalue weighted by Gasteiger charge is -2.10. The Morgan fingerprint density at radius 1 is 1.57 bits per heavy atom. The first-order valence-corrected chi connectivity index (χ1v) is 4.69. The first-order valence-electron chi connectivity index (χ1n) is 4.69. The van der Waals surface area contributed by atoms with E-state index in [1.54, 1.807) is 0 Å². The van der Waals surface area contributed by atoms with Crippen LogP contribution in [-0.2, 0) is 9.53 Å². The molecule has 0 aromatic heterocycles. The Morgan fingerprint density at radius 3 is 2.71 bits per heavy atom. The maximum absolute atomic E-state index is 10.9. The maximum atomic E-state index is 10.9. The maximum Gasteiger partial charge on any atom is 0.335 e. The van der Waals surface area contributed by atoms with Gasteiger partial charge in [0.15, 0.2) is 0 Å². The molecule has 0 bridgehead atoms. The fraction of sp³-hybridized carbons (Fsp3) is 0.545. The van der Waals surface area contributed by atoms with Gasteiger partial charge < -0.3 is 9.84 Å². The molecule has 0 heterocycles. The van der Waals surface area contributed by atoms with E-state index in [1.807, 2.05) is 6.08 Å². The van der Waals surface area contributed by atoms with Crippen molar-refractivity contribution >= 4 is 5.97 Å². The van der Waals surface area contributed by atoms with Gasteiger partial charge >= 0.3 is 5.97 Å². The molecule has 0 saturated heterocycles. The number of hydrogen-bond donors (Lipinski definition) is 1. The molecular weight excluding hydrogens is 180 g/mol. The van der Waals surface area contributed by atoms with Crippen LogP contribution in [0.5, 0.6) is 0 Å². The standard InChI is InChI=1S/C11H18O3/c1-4-5-6-7-8-10(12)9(2)11(13)14-3/h4,10,12H,1-2,5-8H2,3H3. The minimum atomic E-state index is -0.785. The smallest absolute Gasteiger partial charge is 0.335 e. The summed E-state index contributed by atoms with van der Waals surface area (Å²) in [5, 5.41) is 9.49. The second-order valence-corrected chi connectivity index (χ2v) is 3.11. The molecule has 0 rings (SSSR count). The van der Waals surface area contributed by atoms with Crippen LogP contribution in [0.1, 0.15) is 25.7 Å². The molecule has 0 aromatic carbocycles. The molecule has 3 nitrogen and oxygen atoms in total. The van der Waals surface area contributed by atoms with Crippen molar-refractivity contribution in [2.45, 2.75) is 31.8 Å². The van der Waals surface area contributed by atoms with Gasteiger partial charge in [0.2, 0.25) is 0 Å². The highest BCUT2D eigenvalue weighted by molar-refractivity contribution is 5.88. The Labute approximate surface area is 85.1 Å². The number of carbonyl (C=O) groups is 1. The third kappa shape index (κ3) is 4.82. The van der Waals surface area contributed by atoms with Gasteiger partial charge in [-0.25, -0.2) is 4.79 Å². The molecule has 1 unspecified atom stereocenters. The van der Waals surface area contributed by atoms with Crippen molar-refractivity contribution in [1.29, 1.82) is 0 Å². The number of rotatable bonds is 7. The summed E-state index contributed by atoms with van der Waals surface area (Å²) in [6.45, 7) is 7.08. The number of aliphatic hydroxyl groups excluding tert-OH is 1. The first-order chi connectivity index (χ1) is 6.63. The van der Waals surface area contributed by atoms with Crippen LogP contribution < -0.4 is 0 Å². The molecule has 0 aliphatic carbocycles. The Morgan fingerprint density at radius 2 is 2.21 bits per heavy atom. The van der Waals surface area contributed by atoms with Crippen LogP contribution in [0.2, 0.25) is 0 Å². The zero-order valence-corrected chi connectivity index (χ0v) is 8.66. The van der Waals surface area contributed by atoms with Gasteiger partial charge in [-0.15, -0.1) is 6.58 Å². The van der Waals surface area contributed by atoms with Gasteiger partial charge in [-0.3, -0.25) is 0 Å². The normalized spacial score (nSPS) is 11.9. The van der Waals surface area contributed by atoms with E-state index in [1.165, 1.54) is 7.11 Å². The van der Waals surface area contributed by atoms with E-state index in [4.69, 9.17) is 0 Å². The molecule has 14 heavy (non-hydrogen) atoms. The van der Waals surface area contributed by atoms with E-state index in [2.05, 4.69) is 17.9 Å². The van der Waals surface area contributed by atoms with Gasteiger partial charge in [0.05, 0.1) is 18.8 Å². The molecule has 0 saturated carbocycles. The van der Waals surface area contributed by atoms with E-state index in [-0.39, 0.29) is 5.57 Å². The highest BCUT2D eigenvalue weighted by atomic mass is 16.5. The predicted molar refractivity (Wildman–Crippen MR) is 55.8 cm³/mol. The average Bonchev–Trinajstić information content (AvgIpc) is 2.21. The molecule has 0 aliphatic heterocycles. The summed E-state index contributed by atoms with van der Waals surface area (Å²) < 4.78 is 4.45. The van der Waals surface area contributed by atoms with Crippen LogP contribution in [0.15, 0.2) is 24.8 Å². The quantitative estimate of drug-likeness (QED) is 0.294. The number of aliphatic hydroxyl groups is 1. The summed E-state index contributed by atoms with van der Waals surface area (Å²) in [5.74, 6) is -0.541. The molecule has 3 heteroatoms. The van der Waals surface area contributed by atoms with Gasteiger partial charge in [0.1, 0.15) is 0 Å². The number of methoxy groups -OCH3 is 1. The Hall–Kier alpha value is -1.09. The molecule has 0 amide bonds. The molecule has 1 atom stereocenters. The topological polar surface area (TPSA) is 46.5 Å². The lowest BCUT2D eigenvalue weighted by Crippen LogP contribution is -2.18. The second-order valence-electron chi connectivity index (χ2n) is 3.11. The monoisotopic (exact) mass is 198 g/mol. The predicted octanol–water partition coefficient (Wildman–Crippen LogP) is 1.82. The second kappa shape index (κ2) is 7.33. The molecular formula is C11H18O3. The molecule has 1 N–H and O–H groups in total. The molecule has 0 radical (unpaired) electrons. The summed E-state index contributed by atoms with van der Waals surface area (Å²) in [4.78, 5) is 10.9. The molecule has 0 fully saturated rings. The Balaban J connectivity index is 3.72. The summed E-state index contributed by atoms with van der Waals surface area (Å²) in [7, 11) is 1.28. The van der Waals surface area contributed by atoms with Gasteiger partial charge in [-0.1, -0.05) is 19.1 Å². The minimum absolute atomic E-state index is 0.131. The summed E-state index contributed by atoms with van der Waals surface area (Å²) in [5.41, 5.74) is 0.131. The Bertz CT molecular complexity index is 209. The number of carbonyl (C=O) groups excluding carboxylic acids is 1. The lowest BCUT2D eigenvalue weighted by atomic mass is 10.0. The van der Waals surface area contributed by atoms with E-state index >= 15 is 0 Å². The highest BCUT2D eigenvalue weighted by Gasteiger charge is 2.15. The zero-order chi connectivity index (χ0) is 11.0. The number of hydrogen-bond acceptors (Lipinski definition) is 3. The van der Waals surface area contributed by atoms with Crippen molar-refractivity contribution in [3.05, 3.63) is 24.8 Å². The number of allylic oxidation sites excluding steroid dienone is 1. The van der Waals surface area contributed by atoms with E-state index < -0.39 is 12.1 Å². The van der Waals surface area contributed by atoms with Crippen molar-refractivity contribution in [2.24, 2.45) is 0 Å². The fourth-order valence-corrected chi connectivity index (χ4v) is 1.07. The van der Waals surface area contributed by atoms with Gasteiger partial charge in [0.25, 0.3) is 0 Å². The number of ether oxygens (including phenoxy) is 1. The van der Waals surface area contributed by atoms with Gasteiger partial charge in [0, 0.05) is 0 Å². The SMILES string of the molecule is C=CCCCCC(O)C(=C)C(=O)OC. The average molecular weight is 198 g/mol. The van der Waals surface area contributed by atoms with Gasteiger partial charge in [-0.2, -0.15) is 0 Å². The van der Waals surface area contributed by atoms with Crippen LogP contribution >= 0.6 is 0 Å². The highest BCUT2D eigenvalue weighted by Crippen LogP contribution is 2.11. The number of unbranched alkanes of at least 4 members (excludes halogenated alkanes) is 2. The lowest BCUT2D eigenvalue weighted by molar-refractivity contribution is -0.137. The van der Waals surface area contributed by atoms with Crippen LogP contribution in [0.25, 0.3) is 0 Å². The van der Waals surface area contributed by atoms with Crippen molar-refractivity contribution in [3.63, 3.8) is 0 Å². The van der Waals surface area contributed by atoms with Crippen molar-refractivity contribution < 1.29 is 14.6 Å². The minimum Gasteiger partial charge on any atom is -0.466 e. The van der Waals surface area contributed by atoms with Crippen LogP contribution in [-0.4, -0.2) is 24.3 Å². The summed E-state index contributed by atoms with van der Waals surface area (Å²) in [6.07, 6.45) is 4.34. The van der Waals surface area contributed by atoms with E-state index in [0.29, 0.717) is 6.42 Å². The number of esters is 1. The largest absolute Gasteiger partial charge is 0.466 e. The van der Waals surface area contributed by atoms with Gasteiger partial charge in [-0.05, 0) is 19.3 Å². The Kier molecular flexibility index (Phi) is 6.76.